The van der Waals surface area contributed by atoms with Gasteiger partial charge >= 0.3 is 6.09 Å². The number of amides is 1. The highest BCUT2D eigenvalue weighted by Gasteiger charge is 2.62. The molecular formula is C16H30N2O2. The van der Waals surface area contributed by atoms with Gasteiger partial charge in [0.25, 0.3) is 0 Å². The van der Waals surface area contributed by atoms with Crippen LogP contribution in [0.4, 0.5) is 4.79 Å². The van der Waals surface area contributed by atoms with Crippen molar-refractivity contribution in [2.75, 3.05) is 6.54 Å². The molecule has 0 bridgehead atoms. The molecule has 1 aliphatic heterocycles. The quantitative estimate of drug-likeness (QED) is 0.846. The molecule has 1 saturated carbocycles. The second-order valence-electron chi connectivity index (χ2n) is 7.39. The minimum Gasteiger partial charge on any atom is -0.444 e. The van der Waals surface area contributed by atoms with Gasteiger partial charge in [0.05, 0.1) is 0 Å². The highest BCUT2D eigenvalue weighted by molar-refractivity contribution is 5.69. The summed E-state index contributed by atoms with van der Waals surface area (Å²) in [4.78, 5) is 14.5. The first kappa shape index (κ1) is 15.6. The predicted molar refractivity (Wildman–Crippen MR) is 80.4 cm³/mol. The number of rotatable bonds is 2. The zero-order valence-corrected chi connectivity index (χ0v) is 13.6. The molecule has 2 N–H and O–H groups in total. The van der Waals surface area contributed by atoms with Crippen molar-refractivity contribution < 1.29 is 9.53 Å². The second-order valence-corrected chi connectivity index (χ2v) is 7.39. The molecule has 4 nitrogen and oxygen atoms in total. The summed E-state index contributed by atoms with van der Waals surface area (Å²) in [6.45, 7) is 11.0. The van der Waals surface area contributed by atoms with Crippen LogP contribution in [0.15, 0.2) is 0 Å². The minimum atomic E-state index is -0.434. The van der Waals surface area contributed by atoms with Gasteiger partial charge in [0.15, 0.2) is 0 Å². The van der Waals surface area contributed by atoms with Crippen LogP contribution >= 0.6 is 0 Å². The fourth-order valence-corrected chi connectivity index (χ4v) is 4.31. The number of fused-ring (bicyclic) bond motifs is 1. The Morgan fingerprint density at radius 2 is 1.95 bits per heavy atom. The van der Waals surface area contributed by atoms with Crippen LogP contribution in [0.2, 0.25) is 0 Å². The number of piperidine rings is 1. The van der Waals surface area contributed by atoms with Gasteiger partial charge in [-0.25, -0.2) is 4.79 Å². The van der Waals surface area contributed by atoms with Gasteiger partial charge in [0.1, 0.15) is 5.60 Å². The molecule has 1 aliphatic carbocycles. The topological polar surface area (TPSA) is 55.6 Å². The van der Waals surface area contributed by atoms with Crippen LogP contribution in [-0.2, 0) is 4.74 Å². The van der Waals surface area contributed by atoms with E-state index in [-0.39, 0.29) is 23.6 Å². The van der Waals surface area contributed by atoms with Gasteiger partial charge in [0.2, 0.25) is 0 Å². The van der Waals surface area contributed by atoms with E-state index in [0.717, 1.165) is 32.2 Å². The largest absolute Gasteiger partial charge is 0.444 e. The van der Waals surface area contributed by atoms with Crippen LogP contribution in [-0.4, -0.2) is 35.2 Å². The summed E-state index contributed by atoms with van der Waals surface area (Å²) in [6, 6.07) is 0.504. The summed E-state index contributed by atoms with van der Waals surface area (Å²) in [7, 11) is 0. The van der Waals surface area contributed by atoms with Crippen LogP contribution in [0.3, 0.4) is 0 Å². The molecule has 2 fully saturated rings. The fourth-order valence-electron chi connectivity index (χ4n) is 4.31. The minimum absolute atomic E-state index is 0.0853. The summed E-state index contributed by atoms with van der Waals surface area (Å²) < 4.78 is 5.59. The molecular weight excluding hydrogens is 252 g/mol. The summed E-state index contributed by atoms with van der Waals surface area (Å²) in [5, 5.41) is 0. The lowest BCUT2D eigenvalue weighted by Gasteiger charge is -2.65. The Morgan fingerprint density at radius 1 is 1.35 bits per heavy atom. The van der Waals surface area contributed by atoms with Crippen molar-refractivity contribution in [3.63, 3.8) is 0 Å². The van der Waals surface area contributed by atoms with Crippen molar-refractivity contribution in [1.82, 2.24) is 4.90 Å². The summed E-state index contributed by atoms with van der Waals surface area (Å²) in [5.41, 5.74) is 6.10. The summed E-state index contributed by atoms with van der Waals surface area (Å²) in [6.07, 6.45) is 4.09. The number of hydrogen-bond donors (Lipinski definition) is 1. The molecule has 1 saturated heterocycles. The number of carbonyl (C=O) groups excluding carboxylic acids is 1. The third-order valence-electron chi connectivity index (χ3n) is 5.34. The maximum atomic E-state index is 12.5. The maximum absolute atomic E-state index is 12.5. The Hall–Kier alpha value is -0.770. The van der Waals surface area contributed by atoms with Crippen LogP contribution in [0.5, 0.6) is 0 Å². The zero-order valence-electron chi connectivity index (χ0n) is 13.6. The highest BCUT2D eigenvalue weighted by Crippen LogP contribution is 2.55. The van der Waals surface area contributed by atoms with Crippen LogP contribution in [0, 0.1) is 11.3 Å². The van der Waals surface area contributed by atoms with Crippen molar-refractivity contribution in [2.24, 2.45) is 17.1 Å². The van der Waals surface area contributed by atoms with E-state index in [9.17, 15) is 4.79 Å². The molecule has 20 heavy (non-hydrogen) atoms. The molecule has 3 unspecified atom stereocenters. The molecule has 2 aliphatic rings. The molecule has 1 heterocycles. The van der Waals surface area contributed by atoms with Gasteiger partial charge in [-0.15, -0.1) is 0 Å². The second kappa shape index (κ2) is 5.21. The number of nitrogens with zero attached hydrogens (tertiary/aromatic N) is 1. The van der Waals surface area contributed by atoms with Gasteiger partial charge in [-0.1, -0.05) is 13.8 Å². The van der Waals surface area contributed by atoms with Crippen molar-refractivity contribution in [3.8, 4) is 0 Å². The Kier molecular flexibility index (Phi) is 4.07. The SMILES string of the molecule is CCC1(CC)C(N)C2CCCN(C(=O)OC(C)(C)C)C21. The van der Waals surface area contributed by atoms with E-state index in [1.54, 1.807) is 0 Å². The molecule has 116 valence electrons. The van der Waals surface area contributed by atoms with Crippen molar-refractivity contribution in [2.45, 2.75) is 78.0 Å². The Bertz CT molecular complexity index is 371. The normalized spacial score (nSPS) is 32.3. The summed E-state index contributed by atoms with van der Waals surface area (Å²) in [5.74, 6) is 0.455. The maximum Gasteiger partial charge on any atom is 0.410 e. The molecule has 0 radical (unpaired) electrons. The average molecular weight is 282 g/mol. The molecule has 2 rings (SSSR count). The Morgan fingerprint density at radius 3 is 2.45 bits per heavy atom. The molecule has 4 heteroatoms. The lowest BCUT2D eigenvalue weighted by Crippen LogP contribution is -2.75. The van der Waals surface area contributed by atoms with Gasteiger partial charge in [0, 0.05) is 24.0 Å². The molecule has 0 aromatic rings. The third-order valence-corrected chi connectivity index (χ3v) is 5.34. The highest BCUT2D eigenvalue weighted by atomic mass is 16.6. The smallest absolute Gasteiger partial charge is 0.410 e. The monoisotopic (exact) mass is 282 g/mol. The van der Waals surface area contributed by atoms with Gasteiger partial charge in [-0.05, 0) is 52.4 Å². The van der Waals surface area contributed by atoms with E-state index < -0.39 is 5.60 Å². The molecule has 0 spiro atoms. The van der Waals surface area contributed by atoms with E-state index in [2.05, 4.69) is 13.8 Å². The number of nitrogens with two attached hydrogens (primary N) is 1. The number of carbonyl (C=O) groups is 1. The standard InChI is InChI=1S/C16H30N2O2/c1-6-16(7-2)12(17)11-9-8-10-18(13(11)16)14(19)20-15(3,4)5/h11-13H,6-10,17H2,1-5H3. The first-order chi connectivity index (χ1) is 9.27. The Labute approximate surface area is 123 Å². The van der Waals surface area contributed by atoms with Gasteiger partial charge in [-0.2, -0.15) is 0 Å². The predicted octanol–water partition coefficient (Wildman–Crippen LogP) is 3.15. The number of likely N-dealkylation sites (tertiary alicyclic amines) is 1. The fraction of sp³-hybridized carbons (Fsp3) is 0.938. The van der Waals surface area contributed by atoms with Crippen molar-refractivity contribution in [1.29, 1.82) is 0 Å². The van der Waals surface area contributed by atoms with E-state index in [1.165, 1.54) is 0 Å². The first-order valence-electron chi connectivity index (χ1n) is 8.02. The molecule has 1 amide bonds. The van der Waals surface area contributed by atoms with E-state index in [1.807, 2.05) is 25.7 Å². The van der Waals surface area contributed by atoms with Crippen LogP contribution in [0.1, 0.15) is 60.3 Å². The van der Waals surface area contributed by atoms with Crippen molar-refractivity contribution >= 4 is 6.09 Å². The first-order valence-corrected chi connectivity index (χ1v) is 8.02. The molecule has 0 aromatic heterocycles. The van der Waals surface area contributed by atoms with E-state index in [0.29, 0.717) is 5.92 Å². The number of hydrogen-bond acceptors (Lipinski definition) is 3. The third kappa shape index (κ3) is 2.32. The molecule has 3 atom stereocenters. The van der Waals surface area contributed by atoms with Gasteiger partial charge in [-0.3, -0.25) is 0 Å². The van der Waals surface area contributed by atoms with E-state index >= 15 is 0 Å². The Balaban J connectivity index is 2.19. The average Bonchev–Trinajstić information content (AvgIpc) is 2.37. The summed E-state index contributed by atoms with van der Waals surface area (Å²) >= 11 is 0. The zero-order chi connectivity index (χ0) is 15.1. The van der Waals surface area contributed by atoms with Crippen LogP contribution < -0.4 is 5.73 Å². The molecule has 0 aromatic carbocycles. The van der Waals surface area contributed by atoms with E-state index in [4.69, 9.17) is 10.5 Å². The lowest BCUT2D eigenvalue weighted by molar-refractivity contribution is -0.129. The van der Waals surface area contributed by atoms with Gasteiger partial charge < -0.3 is 15.4 Å². The number of ether oxygens (including phenoxy) is 1. The van der Waals surface area contributed by atoms with Crippen molar-refractivity contribution in [3.05, 3.63) is 0 Å². The lowest BCUT2D eigenvalue weighted by atomic mass is 9.49. The van der Waals surface area contributed by atoms with Crippen LogP contribution in [0.25, 0.3) is 0 Å².